The van der Waals surface area contributed by atoms with Crippen LogP contribution in [0.1, 0.15) is 0 Å². The zero-order valence-corrected chi connectivity index (χ0v) is 6.38. The summed E-state index contributed by atoms with van der Waals surface area (Å²) in [6, 6.07) is 1.88. The summed E-state index contributed by atoms with van der Waals surface area (Å²) in [6.07, 6.45) is -1.30. The van der Waals surface area contributed by atoms with Crippen molar-refractivity contribution in [3.63, 3.8) is 0 Å². The number of primary amides is 1. The monoisotopic (exact) mass is 188 g/mol. The summed E-state index contributed by atoms with van der Waals surface area (Å²) in [7, 11) is 0. The van der Waals surface area contributed by atoms with Crippen LogP contribution < -0.4 is 16.2 Å². The molecule has 0 aliphatic rings. The molecule has 0 saturated heterocycles. The second-order valence-electron chi connectivity index (χ2n) is 2.20. The number of halogens is 2. The van der Waals surface area contributed by atoms with Crippen LogP contribution in [0.4, 0.5) is 19.3 Å². The van der Waals surface area contributed by atoms with Crippen molar-refractivity contribution in [3.8, 4) is 5.75 Å². The zero-order chi connectivity index (χ0) is 10.0. The topological polar surface area (TPSA) is 78.3 Å². The van der Waals surface area contributed by atoms with E-state index in [-0.39, 0.29) is 5.69 Å². The van der Waals surface area contributed by atoms with Gasteiger partial charge in [0.15, 0.2) is 11.6 Å². The first kappa shape index (κ1) is 9.24. The van der Waals surface area contributed by atoms with Gasteiger partial charge in [0.2, 0.25) is 5.75 Å². The lowest BCUT2D eigenvalue weighted by atomic mass is 10.3. The van der Waals surface area contributed by atoms with Gasteiger partial charge in [-0.3, -0.25) is 0 Å². The van der Waals surface area contributed by atoms with Gasteiger partial charge in [-0.1, -0.05) is 0 Å². The molecule has 1 aromatic carbocycles. The largest absolute Gasteiger partial charge is 0.410 e. The molecule has 4 N–H and O–H groups in total. The Kier molecular flexibility index (Phi) is 2.32. The summed E-state index contributed by atoms with van der Waals surface area (Å²) in [5.41, 5.74) is 9.35. The highest BCUT2D eigenvalue weighted by atomic mass is 19.1. The van der Waals surface area contributed by atoms with Crippen LogP contribution in [0.3, 0.4) is 0 Å². The van der Waals surface area contributed by atoms with Crippen LogP contribution in [0.5, 0.6) is 5.75 Å². The van der Waals surface area contributed by atoms with Gasteiger partial charge in [0, 0.05) is 0 Å². The summed E-state index contributed by atoms with van der Waals surface area (Å²) >= 11 is 0. The lowest BCUT2D eigenvalue weighted by Gasteiger charge is -2.04. The Balaban J connectivity index is 3.17. The Morgan fingerprint density at radius 1 is 1.38 bits per heavy atom. The van der Waals surface area contributed by atoms with Crippen molar-refractivity contribution in [1.29, 1.82) is 0 Å². The highest BCUT2D eigenvalue weighted by molar-refractivity contribution is 5.68. The van der Waals surface area contributed by atoms with Crippen LogP contribution in [0.2, 0.25) is 0 Å². The zero-order valence-electron chi connectivity index (χ0n) is 6.38. The summed E-state index contributed by atoms with van der Waals surface area (Å²) in [4.78, 5) is 10.2. The second kappa shape index (κ2) is 3.26. The molecule has 4 nitrogen and oxygen atoms in total. The van der Waals surface area contributed by atoms with Crippen LogP contribution in [0.15, 0.2) is 12.1 Å². The number of benzene rings is 1. The van der Waals surface area contributed by atoms with E-state index in [1.54, 1.807) is 0 Å². The number of hydrogen-bond donors (Lipinski definition) is 2. The Morgan fingerprint density at radius 3 is 2.54 bits per heavy atom. The van der Waals surface area contributed by atoms with E-state index in [0.29, 0.717) is 0 Å². The Bertz CT molecular complexity index is 355. The van der Waals surface area contributed by atoms with E-state index in [2.05, 4.69) is 10.5 Å². The molecule has 70 valence electrons. The van der Waals surface area contributed by atoms with Crippen molar-refractivity contribution in [2.24, 2.45) is 5.73 Å². The molecule has 0 bridgehead atoms. The lowest BCUT2D eigenvalue weighted by Crippen LogP contribution is -2.18. The number of nitrogens with two attached hydrogens (primary N) is 2. The highest BCUT2D eigenvalue weighted by Gasteiger charge is 2.15. The maximum absolute atomic E-state index is 12.9. The van der Waals surface area contributed by atoms with Gasteiger partial charge in [-0.2, -0.15) is 0 Å². The summed E-state index contributed by atoms with van der Waals surface area (Å²) in [5.74, 6) is -3.06. The van der Waals surface area contributed by atoms with E-state index in [9.17, 15) is 13.6 Å². The van der Waals surface area contributed by atoms with Crippen LogP contribution in [-0.2, 0) is 0 Å². The number of nitrogen functional groups attached to an aromatic ring is 1. The fourth-order valence-electron chi connectivity index (χ4n) is 0.742. The summed E-state index contributed by atoms with van der Waals surface area (Å²) in [5, 5.41) is 0. The van der Waals surface area contributed by atoms with E-state index in [1.807, 2.05) is 0 Å². The van der Waals surface area contributed by atoms with Crippen molar-refractivity contribution in [2.45, 2.75) is 0 Å². The summed E-state index contributed by atoms with van der Waals surface area (Å²) < 4.78 is 29.8. The van der Waals surface area contributed by atoms with E-state index in [0.717, 1.165) is 12.1 Å². The first-order chi connectivity index (χ1) is 6.02. The highest BCUT2D eigenvalue weighted by Crippen LogP contribution is 2.25. The van der Waals surface area contributed by atoms with Crippen molar-refractivity contribution in [1.82, 2.24) is 0 Å². The molecule has 0 atom stereocenters. The number of hydrogen-bond acceptors (Lipinski definition) is 3. The van der Waals surface area contributed by atoms with E-state index in [4.69, 9.17) is 5.73 Å². The van der Waals surface area contributed by atoms with Crippen molar-refractivity contribution < 1.29 is 18.3 Å². The SMILES string of the molecule is NC(=O)Oc1c(F)ccc(N)c1F. The summed E-state index contributed by atoms with van der Waals surface area (Å²) in [6.45, 7) is 0. The molecule has 1 amide bonds. The van der Waals surface area contributed by atoms with Crippen molar-refractivity contribution >= 4 is 11.8 Å². The molecule has 0 radical (unpaired) electrons. The third-order valence-corrected chi connectivity index (χ3v) is 1.28. The predicted octanol–water partition coefficient (Wildman–Crippen LogP) is 1.00. The van der Waals surface area contributed by atoms with Crippen LogP contribution in [0, 0.1) is 11.6 Å². The third-order valence-electron chi connectivity index (χ3n) is 1.28. The first-order valence-corrected chi connectivity index (χ1v) is 3.23. The number of rotatable bonds is 1. The minimum Gasteiger partial charge on any atom is -0.404 e. The van der Waals surface area contributed by atoms with Crippen LogP contribution >= 0.6 is 0 Å². The predicted molar refractivity (Wildman–Crippen MR) is 41.0 cm³/mol. The minimum absolute atomic E-state index is 0.322. The molecule has 0 aliphatic heterocycles. The molecule has 1 aromatic rings. The molecule has 0 aromatic heterocycles. The molecule has 0 fully saturated rings. The van der Waals surface area contributed by atoms with Gasteiger partial charge in [0.1, 0.15) is 0 Å². The normalized spacial score (nSPS) is 9.69. The Hall–Kier alpha value is -1.85. The van der Waals surface area contributed by atoms with Gasteiger partial charge >= 0.3 is 6.09 Å². The van der Waals surface area contributed by atoms with Gasteiger partial charge in [-0.25, -0.2) is 13.6 Å². The Labute approximate surface area is 72.1 Å². The fraction of sp³-hybridized carbons (Fsp3) is 0. The smallest absolute Gasteiger partial charge is 0.404 e. The second-order valence-corrected chi connectivity index (χ2v) is 2.20. The molecular formula is C7H6F2N2O2. The molecule has 0 unspecified atom stereocenters. The van der Waals surface area contributed by atoms with E-state index in [1.165, 1.54) is 0 Å². The van der Waals surface area contributed by atoms with Gasteiger partial charge in [-0.15, -0.1) is 0 Å². The number of amides is 1. The standard InChI is InChI=1S/C7H6F2N2O2/c8-3-1-2-4(10)5(9)6(3)13-7(11)12/h1-2H,10H2,(H2,11,12). The molecule has 0 spiro atoms. The van der Waals surface area contributed by atoms with Gasteiger partial charge in [-0.05, 0) is 12.1 Å². The molecule has 13 heavy (non-hydrogen) atoms. The van der Waals surface area contributed by atoms with Crippen LogP contribution in [-0.4, -0.2) is 6.09 Å². The van der Waals surface area contributed by atoms with Gasteiger partial charge < -0.3 is 16.2 Å². The molecule has 6 heteroatoms. The maximum atomic E-state index is 12.9. The van der Waals surface area contributed by atoms with Crippen molar-refractivity contribution in [2.75, 3.05) is 5.73 Å². The maximum Gasteiger partial charge on any atom is 0.410 e. The molecule has 0 aliphatic carbocycles. The third kappa shape index (κ3) is 1.84. The minimum atomic E-state index is -1.30. The molecular weight excluding hydrogens is 182 g/mol. The van der Waals surface area contributed by atoms with E-state index < -0.39 is 23.5 Å². The van der Waals surface area contributed by atoms with Crippen molar-refractivity contribution in [3.05, 3.63) is 23.8 Å². The van der Waals surface area contributed by atoms with Gasteiger partial charge in [0.05, 0.1) is 5.69 Å². The first-order valence-electron chi connectivity index (χ1n) is 3.23. The number of carbonyl (C=O) groups excluding carboxylic acids is 1. The molecule has 0 heterocycles. The van der Waals surface area contributed by atoms with E-state index >= 15 is 0 Å². The fourth-order valence-corrected chi connectivity index (χ4v) is 0.742. The lowest BCUT2D eigenvalue weighted by molar-refractivity contribution is 0.206. The number of carbonyl (C=O) groups is 1. The van der Waals surface area contributed by atoms with Gasteiger partial charge in [0.25, 0.3) is 0 Å². The average molecular weight is 188 g/mol. The van der Waals surface area contributed by atoms with Crippen LogP contribution in [0.25, 0.3) is 0 Å². The Morgan fingerprint density at radius 2 is 2.00 bits per heavy atom. The number of ether oxygens (including phenoxy) is 1. The molecule has 1 rings (SSSR count). The average Bonchev–Trinajstić information content (AvgIpc) is 2.05. The number of anilines is 1. The quantitative estimate of drug-likeness (QED) is 0.645. The molecule has 0 saturated carbocycles.